The molecule has 2 N–H and O–H groups in total. The molecule has 2 aromatic rings. The fraction of sp³-hybridized carbons (Fsp3) is 0.235. The largest absolute Gasteiger partial charge is 0.350 e. The maximum atomic E-state index is 12.1. The minimum atomic E-state index is -3.67. The molecule has 2 rings (SSSR count). The molecule has 2 aromatic carbocycles. The van der Waals surface area contributed by atoms with E-state index in [9.17, 15) is 13.2 Å². The van der Waals surface area contributed by atoms with Gasteiger partial charge in [0.2, 0.25) is 15.9 Å². The van der Waals surface area contributed by atoms with Crippen LogP contribution in [0.1, 0.15) is 24.9 Å². The van der Waals surface area contributed by atoms with Crippen molar-refractivity contribution in [3.8, 4) is 0 Å². The maximum Gasteiger partial charge on any atom is 0.240 e. The number of nitrogens with one attached hydrogen (secondary N) is 2. The number of benzene rings is 2. The molecule has 0 spiro atoms. The summed E-state index contributed by atoms with van der Waals surface area (Å²) in [4.78, 5) is 12.1. The molecular formula is C17H18Cl2N2O3S. The van der Waals surface area contributed by atoms with Gasteiger partial charge in [-0.2, -0.15) is 0 Å². The minimum absolute atomic E-state index is 0.000934. The SMILES string of the molecule is C[C@H](NC(=O)CCNS(=O)(=O)c1ccc(Cl)cc1)c1cccc(Cl)c1. The second-order valence-electron chi connectivity index (χ2n) is 5.45. The van der Waals surface area contributed by atoms with Crippen molar-refractivity contribution in [1.29, 1.82) is 0 Å². The normalized spacial score (nSPS) is 12.6. The zero-order valence-corrected chi connectivity index (χ0v) is 15.8. The molecule has 0 aliphatic carbocycles. The van der Waals surface area contributed by atoms with E-state index in [2.05, 4.69) is 10.0 Å². The van der Waals surface area contributed by atoms with Crippen LogP contribution in [0.15, 0.2) is 53.4 Å². The topological polar surface area (TPSA) is 75.3 Å². The third-order valence-corrected chi connectivity index (χ3v) is 5.46. The van der Waals surface area contributed by atoms with Gasteiger partial charge in [-0.05, 0) is 48.9 Å². The summed E-state index contributed by atoms with van der Waals surface area (Å²) in [7, 11) is -3.67. The van der Waals surface area contributed by atoms with Crippen molar-refractivity contribution in [2.24, 2.45) is 0 Å². The number of amides is 1. The summed E-state index contributed by atoms with van der Waals surface area (Å²) >= 11 is 11.7. The lowest BCUT2D eigenvalue weighted by molar-refractivity contribution is -0.121. The third-order valence-electron chi connectivity index (χ3n) is 3.49. The summed E-state index contributed by atoms with van der Waals surface area (Å²) in [5, 5.41) is 3.85. The molecule has 25 heavy (non-hydrogen) atoms. The summed E-state index contributed by atoms with van der Waals surface area (Å²) in [6.07, 6.45) is 0.0255. The first-order chi connectivity index (χ1) is 11.8. The Balaban J connectivity index is 1.84. The lowest BCUT2D eigenvalue weighted by Gasteiger charge is -2.15. The van der Waals surface area contributed by atoms with Crippen LogP contribution in [-0.4, -0.2) is 20.9 Å². The summed E-state index contributed by atoms with van der Waals surface area (Å²) < 4.78 is 26.6. The van der Waals surface area contributed by atoms with Gasteiger partial charge in [-0.25, -0.2) is 13.1 Å². The highest BCUT2D eigenvalue weighted by Crippen LogP contribution is 2.17. The molecule has 0 aliphatic heterocycles. The van der Waals surface area contributed by atoms with Gasteiger partial charge in [0, 0.05) is 23.0 Å². The monoisotopic (exact) mass is 400 g/mol. The van der Waals surface area contributed by atoms with Gasteiger partial charge in [-0.15, -0.1) is 0 Å². The second kappa shape index (κ2) is 8.67. The average molecular weight is 401 g/mol. The van der Waals surface area contributed by atoms with Crippen LogP contribution in [0, 0.1) is 0 Å². The van der Waals surface area contributed by atoms with Crippen molar-refractivity contribution < 1.29 is 13.2 Å². The first-order valence-electron chi connectivity index (χ1n) is 7.58. The Morgan fingerprint density at radius 3 is 2.40 bits per heavy atom. The molecule has 1 atom stereocenters. The van der Waals surface area contributed by atoms with E-state index >= 15 is 0 Å². The minimum Gasteiger partial charge on any atom is -0.350 e. The van der Waals surface area contributed by atoms with Crippen LogP contribution in [0.4, 0.5) is 0 Å². The number of rotatable bonds is 7. The van der Waals surface area contributed by atoms with Gasteiger partial charge >= 0.3 is 0 Å². The van der Waals surface area contributed by atoms with Crippen molar-refractivity contribution in [3.05, 3.63) is 64.1 Å². The first-order valence-corrected chi connectivity index (χ1v) is 9.82. The number of halogens is 2. The summed E-state index contributed by atoms with van der Waals surface area (Å²) in [6, 6.07) is 12.8. The molecule has 0 radical (unpaired) electrons. The van der Waals surface area contributed by atoms with E-state index in [4.69, 9.17) is 23.2 Å². The molecule has 0 bridgehead atoms. The highest BCUT2D eigenvalue weighted by molar-refractivity contribution is 7.89. The van der Waals surface area contributed by atoms with Crippen LogP contribution in [0.2, 0.25) is 10.0 Å². The Bertz CT molecular complexity index is 839. The van der Waals surface area contributed by atoms with E-state index in [1.165, 1.54) is 24.3 Å². The van der Waals surface area contributed by atoms with Crippen LogP contribution >= 0.6 is 23.2 Å². The first kappa shape index (κ1) is 19.7. The van der Waals surface area contributed by atoms with Gasteiger partial charge in [0.1, 0.15) is 0 Å². The van der Waals surface area contributed by atoms with E-state index in [1.807, 2.05) is 13.0 Å². The fourth-order valence-electron chi connectivity index (χ4n) is 2.17. The number of sulfonamides is 1. The highest BCUT2D eigenvalue weighted by atomic mass is 35.5. The van der Waals surface area contributed by atoms with E-state index in [1.54, 1.807) is 18.2 Å². The zero-order chi connectivity index (χ0) is 18.4. The molecule has 0 saturated heterocycles. The van der Waals surface area contributed by atoms with Crippen LogP contribution in [-0.2, 0) is 14.8 Å². The standard InChI is InChI=1S/C17H18Cl2N2O3S/c1-12(13-3-2-4-15(19)11-13)21-17(22)9-10-20-25(23,24)16-7-5-14(18)6-8-16/h2-8,11-12,20H,9-10H2,1H3,(H,21,22)/t12-/m0/s1. The number of hydrogen-bond donors (Lipinski definition) is 2. The molecular weight excluding hydrogens is 383 g/mol. The number of carbonyl (C=O) groups excluding carboxylic acids is 1. The Labute approximate surface area is 157 Å². The van der Waals surface area contributed by atoms with Gasteiger partial charge in [0.15, 0.2) is 0 Å². The lowest BCUT2D eigenvalue weighted by atomic mass is 10.1. The molecule has 134 valence electrons. The van der Waals surface area contributed by atoms with Crippen LogP contribution in [0.5, 0.6) is 0 Å². The van der Waals surface area contributed by atoms with Crippen molar-refractivity contribution in [2.45, 2.75) is 24.3 Å². The van der Waals surface area contributed by atoms with Crippen molar-refractivity contribution >= 4 is 39.1 Å². The molecule has 5 nitrogen and oxygen atoms in total. The van der Waals surface area contributed by atoms with E-state index < -0.39 is 10.0 Å². The van der Waals surface area contributed by atoms with Gasteiger partial charge in [0.05, 0.1) is 10.9 Å². The molecule has 0 heterocycles. The Hall–Kier alpha value is -1.60. The maximum absolute atomic E-state index is 12.1. The summed E-state index contributed by atoms with van der Waals surface area (Å²) in [5.41, 5.74) is 0.877. The van der Waals surface area contributed by atoms with Gasteiger partial charge in [0.25, 0.3) is 0 Å². The summed E-state index contributed by atoms with van der Waals surface area (Å²) in [5.74, 6) is -0.258. The van der Waals surface area contributed by atoms with Crippen molar-refractivity contribution in [1.82, 2.24) is 10.0 Å². The Kier molecular flexibility index (Phi) is 6.84. The van der Waals surface area contributed by atoms with Crippen molar-refractivity contribution in [3.63, 3.8) is 0 Å². The lowest BCUT2D eigenvalue weighted by Crippen LogP contribution is -2.32. The quantitative estimate of drug-likeness (QED) is 0.745. The Morgan fingerprint density at radius 2 is 1.76 bits per heavy atom. The molecule has 1 amide bonds. The zero-order valence-electron chi connectivity index (χ0n) is 13.5. The predicted octanol–water partition coefficient (Wildman–Crippen LogP) is 3.54. The number of carbonyl (C=O) groups is 1. The molecule has 8 heteroatoms. The van der Waals surface area contributed by atoms with E-state index in [-0.39, 0.29) is 29.8 Å². The van der Waals surface area contributed by atoms with Gasteiger partial charge in [-0.1, -0.05) is 35.3 Å². The Morgan fingerprint density at radius 1 is 1.08 bits per heavy atom. The van der Waals surface area contributed by atoms with Crippen LogP contribution in [0.25, 0.3) is 0 Å². The summed E-state index contributed by atoms with van der Waals surface area (Å²) in [6.45, 7) is 1.83. The molecule has 0 fully saturated rings. The van der Waals surface area contributed by atoms with E-state index in [0.29, 0.717) is 10.0 Å². The van der Waals surface area contributed by atoms with E-state index in [0.717, 1.165) is 5.56 Å². The molecule has 0 aliphatic rings. The van der Waals surface area contributed by atoms with Gasteiger partial charge in [-0.3, -0.25) is 4.79 Å². The third kappa shape index (κ3) is 6.01. The van der Waals surface area contributed by atoms with Crippen LogP contribution < -0.4 is 10.0 Å². The second-order valence-corrected chi connectivity index (χ2v) is 8.09. The average Bonchev–Trinajstić information content (AvgIpc) is 2.55. The fourth-order valence-corrected chi connectivity index (χ4v) is 3.53. The van der Waals surface area contributed by atoms with Crippen molar-refractivity contribution in [2.75, 3.05) is 6.54 Å². The molecule has 0 saturated carbocycles. The highest BCUT2D eigenvalue weighted by Gasteiger charge is 2.15. The predicted molar refractivity (Wildman–Crippen MR) is 99.3 cm³/mol. The molecule has 0 aromatic heterocycles. The van der Waals surface area contributed by atoms with Crippen LogP contribution in [0.3, 0.4) is 0 Å². The smallest absolute Gasteiger partial charge is 0.240 e. The number of hydrogen-bond acceptors (Lipinski definition) is 3. The van der Waals surface area contributed by atoms with Gasteiger partial charge < -0.3 is 5.32 Å². The molecule has 0 unspecified atom stereocenters.